The van der Waals surface area contributed by atoms with E-state index in [0.717, 1.165) is 10.6 Å². The lowest BCUT2D eigenvalue weighted by Crippen LogP contribution is -1.98. The Kier molecular flexibility index (Phi) is 5.61. The highest BCUT2D eigenvalue weighted by molar-refractivity contribution is 8.11. The summed E-state index contributed by atoms with van der Waals surface area (Å²) in [5.41, 5.74) is 1.57. The molecule has 3 rings (SSSR count). The van der Waals surface area contributed by atoms with Crippen LogP contribution in [0.1, 0.15) is 39.3 Å². The first kappa shape index (κ1) is 18.5. The third-order valence-corrected chi connectivity index (χ3v) is 5.74. The molecule has 1 aliphatic rings. The number of fused-ring (bicyclic) bond motifs is 1. The number of hydrogen-bond donors (Lipinski definition) is 0. The van der Waals surface area contributed by atoms with E-state index in [4.69, 9.17) is 9.72 Å². The van der Waals surface area contributed by atoms with Gasteiger partial charge in [0.15, 0.2) is 0 Å². The van der Waals surface area contributed by atoms with E-state index < -0.39 is 4.92 Å². The summed E-state index contributed by atoms with van der Waals surface area (Å²) >= 11 is 1.75. The zero-order chi connectivity index (χ0) is 18.7. The van der Waals surface area contributed by atoms with Crippen molar-refractivity contribution in [2.45, 2.75) is 33.6 Å². The molecule has 1 saturated carbocycles. The average molecular weight is 370 g/mol. The Morgan fingerprint density at radius 1 is 1.35 bits per heavy atom. The average Bonchev–Trinajstić information content (AvgIpc) is 3.47. The van der Waals surface area contributed by atoms with Crippen LogP contribution in [-0.4, -0.2) is 16.5 Å². The Morgan fingerprint density at radius 2 is 2.12 bits per heavy atom. The fourth-order valence-electron chi connectivity index (χ4n) is 2.83. The van der Waals surface area contributed by atoms with Gasteiger partial charge in [0.25, 0.3) is 5.69 Å². The molecule has 1 heterocycles. The van der Waals surface area contributed by atoms with Gasteiger partial charge in [0.05, 0.1) is 22.7 Å². The van der Waals surface area contributed by atoms with Crippen LogP contribution in [0.15, 0.2) is 41.3 Å². The Labute approximate surface area is 157 Å². The second-order valence-corrected chi connectivity index (χ2v) is 7.23. The molecule has 0 bridgehead atoms. The van der Waals surface area contributed by atoms with Gasteiger partial charge in [-0.15, -0.1) is 0 Å². The number of nitrogens with zero attached hydrogens (tertiary/aromatic N) is 2. The summed E-state index contributed by atoms with van der Waals surface area (Å²) in [6, 6.07) is 6.59. The summed E-state index contributed by atoms with van der Waals surface area (Å²) in [7, 11) is 0. The van der Waals surface area contributed by atoms with Gasteiger partial charge in [0, 0.05) is 28.5 Å². The van der Waals surface area contributed by atoms with Gasteiger partial charge in [-0.25, -0.2) is 4.98 Å². The minimum absolute atomic E-state index is 0.0403. The van der Waals surface area contributed by atoms with Crippen molar-refractivity contribution in [1.29, 1.82) is 0 Å². The van der Waals surface area contributed by atoms with Crippen LogP contribution in [0.3, 0.4) is 0 Å². The van der Waals surface area contributed by atoms with E-state index in [2.05, 4.69) is 19.1 Å². The molecule has 5 nitrogen and oxygen atoms in total. The zero-order valence-corrected chi connectivity index (χ0v) is 16.0. The van der Waals surface area contributed by atoms with E-state index in [1.807, 2.05) is 19.9 Å². The van der Waals surface area contributed by atoms with Crippen molar-refractivity contribution in [3.8, 4) is 5.75 Å². The SMILES string of the molecule is C/C=C(\S/C(=C\C)C1CC1)c1cc(OCC)c2cc([N+](=O)[O-])ccc2n1. The number of ether oxygens (including phenoxy) is 1. The number of pyridine rings is 1. The van der Waals surface area contributed by atoms with Crippen LogP contribution in [-0.2, 0) is 0 Å². The molecule has 1 aliphatic carbocycles. The summed E-state index contributed by atoms with van der Waals surface area (Å²) in [6.45, 7) is 6.47. The topological polar surface area (TPSA) is 65.3 Å². The fraction of sp³-hybridized carbons (Fsp3) is 0.350. The summed E-state index contributed by atoms with van der Waals surface area (Å²) in [5.74, 6) is 1.30. The molecule has 6 heteroatoms. The monoisotopic (exact) mass is 370 g/mol. The highest BCUT2D eigenvalue weighted by atomic mass is 32.2. The van der Waals surface area contributed by atoms with Crippen molar-refractivity contribution in [3.05, 3.63) is 57.1 Å². The molecule has 0 radical (unpaired) electrons. The van der Waals surface area contributed by atoms with Gasteiger partial charge in [0.1, 0.15) is 5.75 Å². The van der Waals surface area contributed by atoms with Gasteiger partial charge >= 0.3 is 0 Å². The summed E-state index contributed by atoms with van der Waals surface area (Å²) in [6.07, 6.45) is 6.75. The third kappa shape index (κ3) is 3.90. The van der Waals surface area contributed by atoms with Gasteiger partial charge in [-0.1, -0.05) is 23.9 Å². The van der Waals surface area contributed by atoms with Crippen LogP contribution in [0.4, 0.5) is 5.69 Å². The molecule has 1 fully saturated rings. The molecule has 0 unspecified atom stereocenters. The minimum atomic E-state index is -0.399. The first-order valence-electron chi connectivity index (χ1n) is 8.80. The quantitative estimate of drug-likeness (QED) is 0.445. The lowest BCUT2D eigenvalue weighted by molar-refractivity contribution is -0.384. The van der Waals surface area contributed by atoms with Crippen molar-refractivity contribution in [2.75, 3.05) is 6.61 Å². The van der Waals surface area contributed by atoms with Gasteiger partial charge in [0.2, 0.25) is 0 Å². The Morgan fingerprint density at radius 3 is 2.69 bits per heavy atom. The Balaban J connectivity index is 2.05. The summed E-state index contributed by atoms with van der Waals surface area (Å²) in [4.78, 5) is 17.9. The molecular weight excluding hydrogens is 348 g/mol. The second kappa shape index (κ2) is 7.91. The summed E-state index contributed by atoms with van der Waals surface area (Å²) < 4.78 is 5.77. The van der Waals surface area contributed by atoms with E-state index in [0.29, 0.717) is 29.2 Å². The van der Waals surface area contributed by atoms with E-state index >= 15 is 0 Å². The van der Waals surface area contributed by atoms with E-state index in [-0.39, 0.29) is 5.69 Å². The highest BCUT2D eigenvalue weighted by Crippen LogP contribution is 2.47. The van der Waals surface area contributed by atoms with Gasteiger partial charge in [-0.05, 0) is 50.5 Å². The molecule has 0 spiro atoms. The second-order valence-electron chi connectivity index (χ2n) is 6.12. The number of benzene rings is 1. The largest absolute Gasteiger partial charge is 0.493 e. The molecule has 0 saturated heterocycles. The lowest BCUT2D eigenvalue weighted by atomic mass is 10.1. The molecular formula is C20H22N2O3S. The van der Waals surface area contributed by atoms with Gasteiger partial charge < -0.3 is 4.74 Å². The van der Waals surface area contributed by atoms with Crippen molar-refractivity contribution in [1.82, 2.24) is 4.98 Å². The van der Waals surface area contributed by atoms with E-state index in [9.17, 15) is 10.1 Å². The number of rotatable bonds is 7. The zero-order valence-electron chi connectivity index (χ0n) is 15.2. The number of hydrogen-bond acceptors (Lipinski definition) is 5. The molecule has 0 amide bonds. The minimum Gasteiger partial charge on any atom is -0.493 e. The molecule has 136 valence electrons. The highest BCUT2D eigenvalue weighted by Gasteiger charge is 2.27. The maximum absolute atomic E-state index is 11.1. The number of thioether (sulfide) groups is 1. The molecule has 2 aromatic rings. The standard InChI is InChI=1S/C20H22N2O3S/c1-4-19(13-7-8-13)26-20(5-2)17-12-18(25-6-3)15-11-14(22(23)24)9-10-16(15)21-17/h4-5,9-13H,6-8H2,1-3H3/b19-4-,20-5-. The van der Waals surface area contributed by atoms with Crippen LogP contribution >= 0.6 is 11.8 Å². The predicted octanol–water partition coefficient (Wildman–Crippen LogP) is 5.95. The normalized spacial score (nSPS) is 15.3. The maximum Gasteiger partial charge on any atom is 0.270 e. The van der Waals surface area contributed by atoms with Crippen LogP contribution < -0.4 is 4.74 Å². The number of nitro groups is 1. The van der Waals surface area contributed by atoms with Crippen LogP contribution in [0.25, 0.3) is 15.8 Å². The molecule has 1 aromatic heterocycles. The molecule has 0 aliphatic heterocycles. The van der Waals surface area contributed by atoms with Gasteiger partial charge in [-0.2, -0.15) is 0 Å². The molecule has 0 N–H and O–H groups in total. The molecule has 1 aromatic carbocycles. The first-order chi connectivity index (χ1) is 12.6. The van der Waals surface area contributed by atoms with E-state index in [1.165, 1.54) is 29.9 Å². The van der Waals surface area contributed by atoms with Crippen molar-refractivity contribution >= 4 is 33.3 Å². The number of nitro benzene ring substituents is 1. The number of aromatic nitrogens is 1. The number of allylic oxidation sites excluding steroid dienone is 3. The van der Waals surface area contributed by atoms with Crippen molar-refractivity contribution < 1.29 is 9.66 Å². The summed E-state index contributed by atoms with van der Waals surface area (Å²) in [5, 5.41) is 11.8. The van der Waals surface area contributed by atoms with Crippen molar-refractivity contribution in [3.63, 3.8) is 0 Å². The Bertz CT molecular complexity index is 901. The predicted molar refractivity (Wildman–Crippen MR) is 107 cm³/mol. The smallest absolute Gasteiger partial charge is 0.270 e. The van der Waals surface area contributed by atoms with Crippen LogP contribution in [0.2, 0.25) is 0 Å². The Hall–Kier alpha value is -2.34. The number of non-ortho nitro benzene ring substituents is 1. The van der Waals surface area contributed by atoms with Crippen LogP contribution in [0, 0.1) is 16.0 Å². The van der Waals surface area contributed by atoms with E-state index in [1.54, 1.807) is 17.8 Å². The molecule has 0 atom stereocenters. The molecule has 26 heavy (non-hydrogen) atoms. The van der Waals surface area contributed by atoms with Crippen molar-refractivity contribution in [2.24, 2.45) is 5.92 Å². The fourth-order valence-corrected chi connectivity index (χ4v) is 3.93. The maximum atomic E-state index is 11.1. The third-order valence-electron chi connectivity index (χ3n) is 4.27. The van der Waals surface area contributed by atoms with Gasteiger partial charge in [-0.3, -0.25) is 10.1 Å². The first-order valence-corrected chi connectivity index (χ1v) is 9.61. The lowest BCUT2D eigenvalue weighted by Gasteiger charge is -2.13. The van der Waals surface area contributed by atoms with Crippen LogP contribution in [0.5, 0.6) is 5.75 Å².